The molecule has 2 N–H and O–H groups in total. The van der Waals surface area contributed by atoms with Gasteiger partial charge in [0.1, 0.15) is 5.75 Å². The summed E-state index contributed by atoms with van der Waals surface area (Å²) in [5, 5.41) is 0. The maximum absolute atomic E-state index is 12.6. The Bertz CT molecular complexity index is 1030. The third-order valence-corrected chi connectivity index (χ3v) is 6.73. The van der Waals surface area contributed by atoms with Crippen LogP contribution in [0.2, 0.25) is 0 Å². The van der Waals surface area contributed by atoms with E-state index in [0.29, 0.717) is 25.3 Å². The van der Waals surface area contributed by atoms with E-state index in [1.54, 1.807) is 32.0 Å². The number of ether oxygens (including phenoxy) is 1. The van der Waals surface area contributed by atoms with Crippen molar-refractivity contribution in [2.24, 2.45) is 0 Å². The molecule has 2 aromatic rings. The predicted molar refractivity (Wildman–Crippen MR) is 107 cm³/mol. The number of carbonyl (C=O) groups is 2. The maximum Gasteiger partial charge on any atom is 0.269 e. The van der Waals surface area contributed by atoms with Crippen molar-refractivity contribution in [2.45, 2.75) is 25.2 Å². The molecule has 9 heteroatoms. The monoisotopic (exact) mass is 417 g/mol. The number of amides is 2. The smallest absolute Gasteiger partial charge is 0.269 e. The van der Waals surface area contributed by atoms with E-state index < -0.39 is 21.8 Å². The van der Waals surface area contributed by atoms with Crippen LogP contribution < -0.4 is 15.6 Å². The summed E-state index contributed by atoms with van der Waals surface area (Å²) in [5.41, 5.74) is 6.14. The average molecular weight is 417 g/mol. The Morgan fingerprint density at radius 3 is 2.31 bits per heavy atom. The summed E-state index contributed by atoms with van der Waals surface area (Å²) < 4.78 is 32.0. The Hall–Kier alpha value is -2.91. The van der Waals surface area contributed by atoms with Crippen molar-refractivity contribution in [1.82, 2.24) is 15.2 Å². The molecular formula is C20H23N3O5S. The van der Waals surface area contributed by atoms with E-state index in [1.807, 2.05) is 0 Å². The number of hydrogen-bond acceptors (Lipinski definition) is 5. The number of fused-ring (bicyclic) bond motifs is 1. The van der Waals surface area contributed by atoms with Crippen LogP contribution in [0.4, 0.5) is 0 Å². The number of hydrazine groups is 1. The van der Waals surface area contributed by atoms with Gasteiger partial charge in [0.2, 0.25) is 10.0 Å². The fourth-order valence-corrected chi connectivity index (χ4v) is 4.60. The van der Waals surface area contributed by atoms with Crippen molar-refractivity contribution >= 4 is 21.8 Å². The highest BCUT2D eigenvalue weighted by Crippen LogP contribution is 2.25. The van der Waals surface area contributed by atoms with Crippen molar-refractivity contribution in [3.05, 3.63) is 59.2 Å². The lowest BCUT2D eigenvalue weighted by atomic mass is 10.1. The van der Waals surface area contributed by atoms with Gasteiger partial charge < -0.3 is 4.74 Å². The fourth-order valence-electron chi connectivity index (χ4n) is 3.10. The fraction of sp³-hybridized carbons (Fsp3) is 0.300. The van der Waals surface area contributed by atoms with Gasteiger partial charge in [0.05, 0.1) is 11.5 Å². The highest BCUT2D eigenvalue weighted by molar-refractivity contribution is 7.89. The van der Waals surface area contributed by atoms with Gasteiger partial charge in [-0.05, 0) is 42.0 Å². The van der Waals surface area contributed by atoms with Crippen molar-refractivity contribution in [2.75, 3.05) is 19.7 Å². The molecule has 0 saturated carbocycles. The molecule has 29 heavy (non-hydrogen) atoms. The second-order valence-corrected chi connectivity index (χ2v) is 8.38. The van der Waals surface area contributed by atoms with Crippen molar-refractivity contribution in [1.29, 1.82) is 0 Å². The SMILES string of the molecule is CCN(CC)S(=O)(=O)c1cccc(C(=O)NNC(=O)c2ccc3c(c2)CCO3)c1. The predicted octanol–water partition coefficient (Wildman–Crippen LogP) is 1.73. The van der Waals surface area contributed by atoms with Gasteiger partial charge in [-0.15, -0.1) is 0 Å². The molecule has 0 fully saturated rings. The van der Waals surface area contributed by atoms with Gasteiger partial charge in [0.15, 0.2) is 0 Å². The molecule has 0 atom stereocenters. The van der Waals surface area contributed by atoms with Crippen molar-refractivity contribution in [3.63, 3.8) is 0 Å². The quantitative estimate of drug-likeness (QED) is 0.697. The van der Waals surface area contributed by atoms with Crippen molar-refractivity contribution in [3.8, 4) is 5.75 Å². The van der Waals surface area contributed by atoms with Gasteiger partial charge in [0.25, 0.3) is 11.8 Å². The van der Waals surface area contributed by atoms with Gasteiger partial charge in [-0.25, -0.2) is 8.42 Å². The van der Waals surface area contributed by atoms with E-state index in [9.17, 15) is 18.0 Å². The van der Waals surface area contributed by atoms with Crippen LogP contribution in [0.1, 0.15) is 40.1 Å². The third kappa shape index (κ3) is 4.41. The van der Waals surface area contributed by atoms with Crippen LogP contribution in [0, 0.1) is 0 Å². The van der Waals surface area contributed by atoms with Gasteiger partial charge in [0, 0.05) is 30.6 Å². The number of carbonyl (C=O) groups excluding carboxylic acids is 2. The standard InChI is InChI=1S/C20H23N3O5S/c1-3-23(4-2)29(26,27)17-7-5-6-15(13-17)19(24)21-22-20(25)16-8-9-18-14(12-16)10-11-28-18/h5-9,12-13H,3-4,10-11H2,1-2H3,(H,21,24)(H,22,25). The number of rotatable bonds is 6. The summed E-state index contributed by atoms with van der Waals surface area (Å²) in [4.78, 5) is 24.7. The second kappa shape index (κ2) is 8.62. The summed E-state index contributed by atoms with van der Waals surface area (Å²) in [5.74, 6) is -0.323. The van der Waals surface area contributed by atoms with E-state index in [-0.39, 0.29) is 10.5 Å². The van der Waals surface area contributed by atoms with Crippen LogP contribution in [-0.2, 0) is 16.4 Å². The minimum Gasteiger partial charge on any atom is -0.493 e. The number of hydrogen-bond donors (Lipinski definition) is 2. The number of sulfonamides is 1. The van der Waals surface area contributed by atoms with Gasteiger partial charge in [-0.2, -0.15) is 4.31 Å². The number of nitrogens with zero attached hydrogens (tertiary/aromatic N) is 1. The molecule has 0 bridgehead atoms. The lowest BCUT2D eigenvalue weighted by Crippen LogP contribution is -2.41. The summed E-state index contributed by atoms with van der Waals surface area (Å²) in [6.45, 7) is 4.74. The van der Waals surface area contributed by atoms with Crippen LogP contribution in [0.25, 0.3) is 0 Å². The zero-order valence-corrected chi connectivity index (χ0v) is 17.1. The molecule has 0 unspecified atom stereocenters. The molecule has 3 rings (SSSR count). The molecule has 1 heterocycles. The lowest BCUT2D eigenvalue weighted by molar-refractivity contribution is 0.0846. The Labute approximate surface area is 169 Å². The number of nitrogens with one attached hydrogen (secondary N) is 2. The van der Waals surface area contributed by atoms with E-state index in [2.05, 4.69) is 10.9 Å². The first kappa shape index (κ1) is 20.8. The minimum atomic E-state index is -3.68. The van der Waals surface area contributed by atoms with Gasteiger partial charge in [-0.3, -0.25) is 20.4 Å². The molecule has 0 radical (unpaired) electrons. The Kier molecular flexibility index (Phi) is 6.19. The van der Waals surface area contributed by atoms with Crippen LogP contribution in [0.5, 0.6) is 5.75 Å². The molecule has 0 spiro atoms. The summed E-state index contributed by atoms with van der Waals surface area (Å²) in [7, 11) is -3.68. The maximum atomic E-state index is 12.6. The van der Waals surface area contributed by atoms with E-state index in [0.717, 1.165) is 17.7 Å². The molecular weight excluding hydrogens is 394 g/mol. The molecule has 0 saturated heterocycles. The summed E-state index contributed by atoms with van der Waals surface area (Å²) in [6.07, 6.45) is 0.733. The van der Waals surface area contributed by atoms with Crippen LogP contribution in [-0.4, -0.2) is 44.2 Å². The average Bonchev–Trinajstić information content (AvgIpc) is 3.20. The number of benzene rings is 2. The highest BCUT2D eigenvalue weighted by Gasteiger charge is 2.22. The first-order valence-corrected chi connectivity index (χ1v) is 10.8. The topological polar surface area (TPSA) is 105 Å². The molecule has 1 aliphatic heterocycles. The summed E-state index contributed by atoms with van der Waals surface area (Å²) in [6, 6.07) is 10.8. The first-order valence-electron chi connectivity index (χ1n) is 9.33. The van der Waals surface area contributed by atoms with Gasteiger partial charge in [-0.1, -0.05) is 19.9 Å². The summed E-state index contributed by atoms with van der Waals surface area (Å²) >= 11 is 0. The van der Waals surface area contributed by atoms with E-state index in [1.165, 1.54) is 28.6 Å². The molecule has 1 aliphatic rings. The normalized spacial score (nSPS) is 12.9. The minimum absolute atomic E-state index is 0.0267. The van der Waals surface area contributed by atoms with Crippen LogP contribution >= 0.6 is 0 Å². The van der Waals surface area contributed by atoms with Crippen LogP contribution in [0.15, 0.2) is 47.4 Å². The zero-order valence-electron chi connectivity index (χ0n) is 16.3. The van der Waals surface area contributed by atoms with Crippen LogP contribution in [0.3, 0.4) is 0 Å². The third-order valence-electron chi connectivity index (χ3n) is 4.68. The Balaban J connectivity index is 1.69. The molecule has 0 aliphatic carbocycles. The zero-order chi connectivity index (χ0) is 21.0. The first-order chi connectivity index (χ1) is 13.9. The van der Waals surface area contributed by atoms with E-state index in [4.69, 9.17) is 4.74 Å². The molecule has 0 aromatic heterocycles. The molecule has 154 valence electrons. The van der Waals surface area contributed by atoms with Crippen molar-refractivity contribution < 1.29 is 22.7 Å². The lowest BCUT2D eigenvalue weighted by Gasteiger charge is -2.18. The molecule has 2 aromatic carbocycles. The Morgan fingerprint density at radius 2 is 1.66 bits per heavy atom. The molecule has 2 amide bonds. The molecule has 8 nitrogen and oxygen atoms in total. The highest BCUT2D eigenvalue weighted by atomic mass is 32.2. The Morgan fingerprint density at radius 1 is 1.00 bits per heavy atom. The van der Waals surface area contributed by atoms with E-state index >= 15 is 0 Å². The largest absolute Gasteiger partial charge is 0.493 e. The van der Waals surface area contributed by atoms with Gasteiger partial charge >= 0.3 is 0 Å². The second-order valence-electron chi connectivity index (χ2n) is 6.45.